The third-order valence-corrected chi connectivity index (χ3v) is 12.6. The van der Waals surface area contributed by atoms with Gasteiger partial charge in [-0.3, -0.25) is 0 Å². The van der Waals surface area contributed by atoms with Crippen molar-refractivity contribution >= 4 is 96.2 Å². The summed E-state index contributed by atoms with van der Waals surface area (Å²) in [6, 6.07) is 56.5. The lowest BCUT2D eigenvalue weighted by Crippen LogP contribution is -2.08. The number of carbonyl (C=O) groups is 12. The number of hydrogen-bond acceptors (Lipinski definition) is 30. The number of methoxy groups -OCH3 is 5. The number of rotatable bonds is 18. The van der Waals surface area contributed by atoms with E-state index in [1.807, 2.05) is 55.5 Å². The molecule has 32 heteroatoms. The molecule has 0 heterocycles. The van der Waals surface area contributed by atoms with E-state index in [1.54, 1.807) is 132 Å². The third-order valence-electron chi connectivity index (χ3n) is 12.6. The van der Waals surface area contributed by atoms with Gasteiger partial charge in [-0.1, -0.05) is 97.4 Å². The molecule has 0 spiro atoms. The minimum atomic E-state index is -1.06. The van der Waals surface area contributed by atoms with Gasteiger partial charge in [0, 0.05) is 0 Å². The summed E-state index contributed by atoms with van der Waals surface area (Å²) in [6.45, 7) is 14.5. The molecule has 0 fully saturated rings. The molecule has 604 valence electrons. The minimum Gasteiger partial charge on any atom is -0.478 e. The first-order chi connectivity index (χ1) is 54.5. The zero-order valence-corrected chi connectivity index (χ0v) is 64.0. The molecule has 2 N–H and O–H groups in total. The molecule has 114 heavy (non-hydrogen) atoms. The first-order valence-corrected chi connectivity index (χ1v) is 32.9. The quantitative estimate of drug-likeness (QED) is 0.0595. The third kappa shape index (κ3) is 48.3. The standard InChI is InChI=1S/C12H14O4.C11H14O2.2C10H10O4.C9H8O4.2C9H10O2.C8H8O2.4CO2/c1-3-15-11(13)9-6-5-7-10(8-9)12(14)16-4-2;1-3-9-5-7-10(8-6-9)11(12)13-4-2;1-13-9(11)7-4-3-5-8(6-7)10(12)14-2;1-2-14-10(13)8-5-3-4-7(6-8)9(11)12;1-13-9(12)7-4-2-3-6(5-7)8(10)11;1-7-3-5-8(6-4-7)9(10)11-2;1-2-11-9(10)8-6-4-3-5-7-8;1-10-8(9)7-5-3-2-4-6-7;4*2-1-3/h5-8H,3-4H2,1-2H3;5-8H,3-4H2,1-2H3;3-6H,1-2H3;3-6H,2H2,1H3,(H,11,12);2-5H,1H3,(H,10,11);3-6H,1-2H3;3-7H,2H2,1H3;2-6H,1H3;;;;. The van der Waals surface area contributed by atoms with Crippen molar-refractivity contribution in [3.8, 4) is 0 Å². The summed E-state index contributed by atoms with van der Waals surface area (Å²) in [6.07, 6.45) is 1.99. The molecule has 0 saturated heterocycles. The SMILES string of the molecule is CCOC(=O)c1ccc(CC)cc1.CCOC(=O)c1cccc(C(=O)O)c1.CCOC(=O)c1cccc(C(=O)OCC)c1.CCOC(=O)c1ccccc1.COC(=O)c1ccc(C)cc1.COC(=O)c1cccc(C(=O)O)c1.COC(=O)c1cccc(C(=O)OC)c1.COC(=O)c1ccccc1.O=C=O.O=C=O.O=C=O.O=C=O. The molecular formula is C82H84O32. The van der Waals surface area contributed by atoms with Crippen LogP contribution < -0.4 is 0 Å². The van der Waals surface area contributed by atoms with E-state index in [0.717, 1.165) is 12.0 Å². The van der Waals surface area contributed by atoms with Gasteiger partial charge in [-0.05, 0) is 175 Å². The molecule has 0 aliphatic heterocycles. The van der Waals surface area contributed by atoms with Crippen molar-refractivity contribution in [1.29, 1.82) is 0 Å². The number of carboxylic acids is 2. The molecule has 0 bridgehead atoms. The largest absolute Gasteiger partial charge is 0.478 e. The summed E-state index contributed by atoms with van der Waals surface area (Å²) < 4.78 is 46.5. The van der Waals surface area contributed by atoms with Gasteiger partial charge in [-0.25, -0.2) is 57.5 Å². The van der Waals surface area contributed by atoms with Crippen molar-refractivity contribution in [3.05, 3.63) is 284 Å². The van der Waals surface area contributed by atoms with Crippen molar-refractivity contribution in [2.75, 3.05) is 68.6 Å². The van der Waals surface area contributed by atoms with Crippen LogP contribution in [0.4, 0.5) is 0 Å². The summed E-state index contributed by atoms with van der Waals surface area (Å²) >= 11 is 0. The van der Waals surface area contributed by atoms with E-state index in [0.29, 0.717) is 70.9 Å². The second-order valence-corrected chi connectivity index (χ2v) is 20.0. The first kappa shape index (κ1) is 105. The van der Waals surface area contributed by atoms with Crippen LogP contribution in [0.5, 0.6) is 0 Å². The van der Waals surface area contributed by atoms with Crippen LogP contribution in [0.2, 0.25) is 0 Å². The summed E-state index contributed by atoms with van der Waals surface area (Å²) in [5.41, 5.74) is 6.79. The Labute approximate surface area is 654 Å². The van der Waals surface area contributed by atoms with Gasteiger partial charge in [0.05, 0.1) is 135 Å². The van der Waals surface area contributed by atoms with Crippen molar-refractivity contribution in [1.82, 2.24) is 0 Å². The number of carboxylic acid groups (broad SMARTS) is 2. The number of ether oxygens (including phenoxy) is 10. The van der Waals surface area contributed by atoms with E-state index in [2.05, 4.69) is 30.6 Å². The summed E-state index contributed by atoms with van der Waals surface area (Å²) in [4.78, 5) is 197. The molecule has 8 rings (SSSR count). The zero-order chi connectivity index (χ0) is 87.2. The molecular weight excluding hydrogens is 1500 g/mol. The molecule has 0 aromatic heterocycles. The maximum atomic E-state index is 11.4. The monoisotopic (exact) mass is 1580 g/mol. The summed E-state index contributed by atoms with van der Waals surface area (Å²) in [5.74, 6) is -6.07. The van der Waals surface area contributed by atoms with Gasteiger partial charge in [-0.15, -0.1) is 0 Å². The van der Waals surface area contributed by atoms with Gasteiger partial charge >= 0.3 is 96.2 Å². The molecule has 0 saturated carbocycles. The molecule has 8 aromatic rings. The van der Waals surface area contributed by atoms with Gasteiger partial charge in [0.15, 0.2) is 0 Å². The highest BCUT2D eigenvalue weighted by molar-refractivity contribution is 5.98. The Bertz CT molecular complexity index is 4260. The Balaban J connectivity index is -0.000000595. The summed E-state index contributed by atoms with van der Waals surface area (Å²) in [5, 5.41) is 17.3. The highest BCUT2D eigenvalue weighted by Gasteiger charge is 2.15. The molecule has 0 radical (unpaired) electrons. The second-order valence-electron chi connectivity index (χ2n) is 20.0. The lowest BCUT2D eigenvalue weighted by atomic mass is 10.1. The number of carbonyl (C=O) groups excluding carboxylic acids is 18. The fourth-order valence-corrected chi connectivity index (χ4v) is 7.48. The van der Waals surface area contributed by atoms with Gasteiger partial charge < -0.3 is 57.6 Å². The van der Waals surface area contributed by atoms with Crippen LogP contribution in [-0.2, 0) is 92.1 Å². The molecule has 0 aliphatic rings. The van der Waals surface area contributed by atoms with Gasteiger partial charge in [0.2, 0.25) is 0 Å². The molecule has 8 aromatic carbocycles. The average molecular weight is 1580 g/mol. The highest BCUT2D eigenvalue weighted by Crippen LogP contribution is 2.13. The Hall–Kier alpha value is -15.1. The zero-order valence-electron chi connectivity index (χ0n) is 64.0. The van der Waals surface area contributed by atoms with Gasteiger partial charge in [-0.2, -0.15) is 38.4 Å². The first-order valence-electron chi connectivity index (χ1n) is 32.9. The van der Waals surface area contributed by atoms with E-state index >= 15 is 0 Å². The molecule has 0 atom stereocenters. The average Bonchev–Trinajstić information content (AvgIpc) is 0.880. The smallest absolute Gasteiger partial charge is 0.373 e. The molecule has 0 amide bonds. The minimum absolute atomic E-state index is 0.0721. The second kappa shape index (κ2) is 67.3. The van der Waals surface area contributed by atoms with E-state index < -0.39 is 47.8 Å². The maximum absolute atomic E-state index is 11.4. The fraction of sp³-hybridized carbons (Fsp3) is 0.220. The normalized spacial score (nSPS) is 8.67. The maximum Gasteiger partial charge on any atom is 0.373 e. The van der Waals surface area contributed by atoms with Crippen molar-refractivity contribution < 1.29 is 153 Å². The predicted octanol–water partition coefficient (Wildman–Crippen LogP) is 11.2. The molecule has 32 nitrogen and oxygen atoms in total. The summed E-state index contributed by atoms with van der Waals surface area (Å²) in [7, 11) is 6.56. The number of esters is 10. The van der Waals surface area contributed by atoms with Gasteiger partial charge in [0.25, 0.3) is 0 Å². The number of aromatic carboxylic acids is 2. The van der Waals surface area contributed by atoms with E-state index in [-0.39, 0.29) is 77.3 Å². The van der Waals surface area contributed by atoms with Crippen molar-refractivity contribution in [2.24, 2.45) is 0 Å². The number of benzene rings is 8. The number of hydrogen-bond donors (Lipinski definition) is 2. The lowest BCUT2D eigenvalue weighted by molar-refractivity contribution is -0.193. The topological polar surface area (TPSA) is 474 Å². The van der Waals surface area contributed by atoms with Gasteiger partial charge in [0.1, 0.15) is 0 Å². The van der Waals surface area contributed by atoms with Crippen LogP contribution in [0, 0.1) is 6.92 Å². The van der Waals surface area contributed by atoms with Crippen LogP contribution in [0.25, 0.3) is 0 Å². The highest BCUT2D eigenvalue weighted by atomic mass is 16.6. The van der Waals surface area contributed by atoms with Crippen molar-refractivity contribution in [3.63, 3.8) is 0 Å². The Morgan fingerprint density at radius 2 is 0.421 bits per heavy atom. The number of aryl methyl sites for hydroxylation is 2. The lowest BCUT2D eigenvalue weighted by Gasteiger charge is -2.04. The van der Waals surface area contributed by atoms with E-state index in [9.17, 15) is 57.5 Å². The van der Waals surface area contributed by atoms with Crippen LogP contribution in [0.15, 0.2) is 206 Å². The van der Waals surface area contributed by atoms with Crippen LogP contribution in [0.3, 0.4) is 0 Å². The van der Waals surface area contributed by atoms with Crippen molar-refractivity contribution in [2.45, 2.75) is 54.9 Å². The van der Waals surface area contributed by atoms with Crippen LogP contribution in [0.1, 0.15) is 177 Å². The Morgan fingerprint density at radius 1 is 0.246 bits per heavy atom. The Kier molecular flexibility index (Phi) is 62.1. The predicted molar refractivity (Wildman–Crippen MR) is 396 cm³/mol. The van der Waals surface area contributed by atoms with Crippen LogP contribution >= 0.6 is 0 Å². The van der Waals surface area contributed by atoms with E-state index in [1.165, 1.54) is 102 Å². The van der Waals surface area contributed by atoms with E-state index in [4.69, 9.17) is 72.3 Å². The fourth-order valence-electron chi connectivity index (χ4n) is 7.48. The van der Waals surface area contributed by atoms with Crippen LogP contribution in [-0.4, -0.2) is 175 Å². The molecule has 0 unspecified atom stereocenters. The molecule has 0 aliphatic carbocycles. The Morgan fingerprint density at radius 3 is 0.649 bits per heavy atom.